The molecule has 3 heteroatoms. The molecular weight excluding hydrogens is 204 g/mol. The second-order valence-corrected chi connectivity index (χ2v) is 5.84. The van der Waals surface area contributed by atoms with Gasteiger partial charge in [-0.05, 0) is 18.3 Å². The Morgan fingerprint density at radius 2 is 2.47 bits per heavy atom. The molecule has 1 aromatic heterocycles. The summed E-state index contributed by atoms with van der Waals surface area (Å²) in [5.41, 5.74) is 3.62. The van der Waals surface area contributed by atoms with Crippen molar-refractivity contribution >= 4 is 11.3 Å². The van der Waals surface area contributed by atoms with Crippen molar-refractivity contribution < 1.29 is 0 Å². The zero-order valence-corrected chi connectivity index (χ0v) is 10.4. The van der Waals surface area contributed by atoms with Gasteiger partial charge in [0.1, 0.15) is 0 Å². The summed E-state index contributed by atoms with van der Waals surface area (Å²) in [6.07, 6.45) is 5.14. The first-order valence-corrected chi connectivity index (χ1v) is 6.73. The van der Waals surface area contributed by atoms with Crippen LogP contribution in [0.25, 0.3) is 0 Å². The van der Waals surface area contributed by atoms with Gasteiger partial charge in [0.15, 0.2) is 0 Å². The number of nitrogens with one attached hydrogen (secondary N) is 1. The summed E-state index contributed by atoms with van der Waals surface area (Å²) in [6, 6.07) is 0.705. The molecule has 84 valence electrons. The number of rotatable bonds is 4. The summed E-state index contributed by atoms with van der Waals surface area (Å²) < 4.78 is 0. The maximum Gasteiger partial charge on any atom is 0.0794 e. The van der Waals surface area contributed by atoms with Crippen molar-refractivity contribution in [1.82, 2.24) is 10.3 Å². The lowest BCUT2D eigenvalue weighted by Crippen LogP contribution is -2.38. The highest BCUT2D eigenvalue weighted by Gasteiger charge is 2.33. The van der Waals surface area contributed by atoms with Crippen molar-refractivity contribution in [1.29, 1.82) is 0 Å². The monoisotopic (exact) mass is 224 g/mol. The number of hydrogen-bond donors (Lipinski definition) is 1. The van der Waals surface area contributed by atoms with Crippen molar-refractivity contribution in [2.45, 2.75) is 45.6 Å². The van der Waals surface area contributed by atoms with Crippen LogP contribution in [0, 0.1) is 5.41 Å². The van der Waals surface area contributed by atoms with Crippen LogP contribution in [0.4, 0.5) is 0 Å². The minimum atomic E-state index is 0.488. The van der Waals surface area contributed by atoms with Crippen LogP contribution in [0.1, 0.15) is 38.8 Å². The van der Waals surface area contributed by atoms with E-state index in [1.54, 1.807) is 11.3 Å². The van der Waals surface area contributed by atoms with E-state index in [1.165, 1.54) is 25.0 Å². The normalized spacial score (nSPS) is 24.5. The molecule has 0 spiro atoms. The van der Waals surface area contributed by atoms with Gasteiger partial charge in [0, 0.05) is 24.4 Å². The quantitative estimate of drug-likeness (QED) is 0.850. The Kier molecular flexibility index (Phi) is 3.42. The van der Waals surface area contributed by atoms with Gasteiger partial charge in [0.05, 0.1) is 11.2 Å². The van der Waals surface area contributed by atoms with E-state index in [-0.39, 0.29) is 0 Å². The van der Waals surface area contributed by atoms with Crippen molar-refractivity contribution in [3.63, 3.8) is 0 Å². The smallest absolute Gasteiger partial charge is 0.0794 e. The minimum absolute atomic E-state index is 0.488. The number of thiazole rings is 1. The fourth-order valence-electron chi connectivity index (χ4n) is 2.44. The average Bonchev–Trinajstić information content (AvgIpc) is 2.77. The van der Waals surface area contributed by atoms with Gasteiger partial charge < -0.3 is 5.32 Å². The van der Waals surface area contributed by atoms with E-state index in [4.69, 9.17) is 0 Å². The maximum atomic E-state index is 4.30. The summed E-state index contributed by atoms with van der Waals surface area (Å²) >= 11 is 1.68. The van der Waals surface area contributed by atoms with E-state index >= 15 is 0 Å². The Morgan fingerprint density at radius 1 is 1.60 bits per heavy atom. The predicted octanol–water partition coefficient (Wildman–Crippen LogP) is 2.85. The van der Waals surface area contributed by atoms with E-state index in [0.717, 1.165) is 13.0 Å². The summed E-state index contributed by atoms with van der Waals surface area (Å²) in [7, 11) is 0. The molecule has 0 aromatic carbocycles. The first-order valence-electron chi connectivity index (χ1n) is 5.79. The number of aromatic nitrogens is 1. The Morgan fingerprint density at radius 3 is 3.07 bits per heavy atom. The van der Waals surface area contributed by atoms with Crippen LogP contribution < -0.4 is 5.32 Å². The van der Waals surface area contributed by atoms with Gasteiger partial charge in [-0.2, -0.15) is 0 Å². The molecule has 1 saturated carbocycles. The highest BCUT2D eigenvalue weighted by atomic mass is 32.1. The molecule has 0 bridgehead atoms. The van der Waals surface area contributed by atoms with Crippen LogP contribution in [0.15, 0.2) is 10.9 Å². The molecule has 0 saturated heterocycles. The predicted molar refractivity (Wildman–Crippen MR) is 65.2 cm³/mol. The van der Waals surface area contributed by atoms with Crippen molar-refractivity contribution in [2.75, 3.05) is 6.54 Å². The molecule has 2 rings (SSSR count). The van der Waals surface area contributed by atoms with Crippen molar-refractivity contribution in [2.24, 2.45) is 5.41 Å². The van der Waals surface area contributed by atoms with E-state index < -0.39 is 0 Å². The zero-order chi connectivity index (χ0) is 10.7. The third kappa shape index (κ3) is 2.79. The third-order valence-corrected chi connectivity index (χ3v) is 4.15. The van der Waals surface area contributed by atoms with Crippen LogP contribution in [-0.2, 0) is 6.42 Å². The van der Waals surface area contributed by atoms with Crippen LogP contribution in [-0.4, -0.2) is 17.6 Å². The fourth-order valence-corrected chi connectivity index (χ4v) is 3.03. The lowest BCUT2D eigenvalue weighted by Gasteiger charge is -2.27. The topological polar surface area (TPSA) is 24.9 Å². The fraction of sp³-hybridized carbons (Fsp3) is 0.750. The molecule has 1 unspecified atom stereocenters. The standard InChI is InChI=1S/C12H20N2S/c1-12(2)6-3-4-11(12)13-7-5-10-8-15-9-14-10/h8-9,11,13H,3-7H2,1-2H3. The Bertz CT molecular complexity index is 293. The van der Waals surface area contributed by atoms with Gasteiger partial charge in [0.25, 0.3) is 0 Å². The van der Waals surface area contributed by atoms with E-state index in [2.05, 4.69) is 29.5 Å². The molecule has 0 amide bonds. The van der Waals surface area contributed by atoms with Crippen LogP contribution in [0.5, 0.6) is 0 Å². The minimum Gasteiger partial charge on any atom is -0.313 e. The Hall–Kier alpha value is -0.410. The van der Waals surface area contributed by atoms with Gasteiger partial charge in [-0.1, -0.05) is 20.3 Å². The van der Waals surface area contributed by atoms with E-state index in [1.807, 2.05) is 5.51 Å². The van der Waals surface area contributed by atoms with Crippen molar-refractivity contribution in [3.05, 3.63) is 16.6 Å². The molecule has 0 radical (unpaired) electrons. The summed E-state index contributed by atoms with van der Waals surface area (Å²) in [5, 5.41) is 5.82. The number of nitrogens with zero attached hydrogens (tertiary/aromatic N) is 1. The lowest BCUT2D eigenvalue weighted by molar-refractivity contribution is 0.285. The summed E-state index contributed by atoms with van der Waals surface area (Å²) in [5.74, 6) is 0. The first-order chi connectivity index (χ1) is 7.18. The molecule has 1 N–H and O–H groups in total. The Labute approximate surface area is 96.1 Å². The molecule has 1 atom stereocenters. The van der Waals surface area contributed by atoms with Gasteiger partial charge in [0.2, 0.25) is 0 Å². The second-order valence-electron chi connectivity index (χ2n) is 5.12. The SMILES string of the molecule is CC1(C)CCCC1NCCc1cscn1. The zero-order valence-electron chi connectivity index (χ0n) is 9.62. The molecule has 15 heavy (non-hydrogen) atoms. The lowest BCUT2D eigenvalue weighted by atomic mass is 9.87. The molecule has 1 aromatic rings. The van der Waals surface area contributed by atoms with Crippen LogP contribution in [0.3, 0.4) is 0 Å². The highest BCUT2D eigenvalue weighted by Crippen LogP contribution is 2.36. The molecule has 1 fully saturated rings. The number of hydrogen-bond acceptors (Lipinski definition) is 3. The second kappa shape index (κ2) is 4.62. The maximum absolute atomic E-state index is 4.30. The molecule has 1 heterocycles. The average molecular weight is 224 g/mol. The van der Waals surface area contributed by atoms with Crippen LogP contribution >= 0.6 is 11.3 Å². The van der Waals surface area contributed by atoms with Gasteiger partial charge in [-0.15, -0.1) is 11.3 Å². The first kappa shape index (κ1) is 11.1. The van der Waals surface area contributed by atoms with Gasteiger partial charge in [-0.3, -0.25) is 0 Å². The summed E-state index contributed by atoms with van der Waals surface area (Å²) in [6.45, 7) is 5.82. The van der Waals surface area contributed by atoms with Gasteiger partial charge >= 0.3 is 0 Å². The van der Waals surface area contributed by atoms with E-state index in [0.29, 0.717) is 11.5 Å². The highest BCUT2D eigenvalue weighted by molar-refractivity contribution is 7.07. The largest absolute Gasteiger partial charge is 0.313 e. The Balaban J connectivity index is 1.74. The third-order valence-electron chi connectivity index (χ3n) is 3.51. The van der Waals surface area contributed by atoms with Gasteiger partial charge in [-0.25, -0.2) is 4.98 Å². The summed E-state index contributed by atoms with van der Waals surface area (Å²) in [4.78, 5) is 4.30. The van der Waals surface area contributed by atoms with Crippen LogP contribution in [0.2, 0.25) is 0 Å². The molecule has 1 aliphatic rings. The van der Waals surface area contributed by atoms with E-state index in [9.17, 15) is 0 Å². The molecular formula is C12H20N2S. The molecule has 0 aliphatic heterocycles. The molecule has 2 nitrogen and oxygen atoms in total. The molecule has 1 aliphatic carbocycles. The van der Waals surface area contributed by atoms with Crippen molar-refractivity contribution in [3.8, 4) is 0 Å².